The van der Waals surface area contributed by atoms with Gasteiger partial charge in [0, 0.05) is 18.7 Å². The lowest BCUT2D eigenvalue weighted by atomic mass is 10.2. The zero-order valence-electron chi connectivity index (χ0n) is 10.6. The van der Waals surface area contributed by atoms with Gasteiger partial charge in [0.25, 0.3) is 0 Å². The fraction of sp³-hybridized carbons (Fsp3) is 0.571. The Hall–Kier alpha value is -0.440. The molecule has 0 aromatic heterocycles. The minimum Gasteiger partial charge on any atom is -0.489 e. The first kappa shape index (κ1) is 14.0. The molecular formula is C14H19Cl2NO. The van der Waals surface area contributed by atoms with Crippen molar-refractivity contribution in [2.45, 2.75) is 44.8 Å². The summed E-state index contributed by atoms with van der Waals surface area (Å²) in [5.74, 6) is 0.792. The van der Waals surface area contributed by atoms with Crippen LogP contribution in [-0.2, 0) is 0 Å². The Kier molecular flexibility index (Phi) is 5.16. The molecule has 1 aromatic rings. The van der Waals surface area contributed by atoms with Crippen LogP contribution in [0, 0.1) is 0 Å². The van der Waals surface area contributed by atoms with Crippen molar-refractivity contribution in [1.29, 1.82) is 0 Å². The summed E-state index contributed by atoms with van der Waals surface area (Å²) in [5, 5.41) is 4.61. The molecule has 2 rings (SSSR count). The maximum Gasteiger partial charge on any atom is 0.121 e. The van der Waals surface area contributed by atoms with Crippen molar-refractivity contribution in [2.75, 3.05) is 6.54 Å². The highest BCUT2D eigenvalue weighted by Crippen LogP contribution is 2.27. The Balaban J connectivity index is 1.90. The van der Waals surface area contributed by atoms with Crippen LogP contribution in [0.3, 0.4) is 0 Å². The Morgan fingerprint density at radius 2 is 2.11 bits per heavy atom. The highest BCUT2D eigenvalue weighted by molar-refractivity contribution is 6.42. The van der Waals surface area contributed by atoms with E-state index >= 15 is 0 Å². The number of hydrogen-bond acceptors (Lipinski definition) is 2. The number of ether oxygens (including phenoxy) is 1. The van der Waals surface area contributed by atoms with E-state index in [2.05, 4.69) is 12.2 Å². The second kappa shape index (κ2) is 6.65. The molecule has 18 heavy (non-hydrogen) atoms. The largest absolute Gasteiger partial charge is 0.489 e. The number of halogens is 2. The zero-order valence-corrected chi connectivity index (χ0v) is 12.1. The van der Waals surface area contributed by atoms with Crippen molar-refractivity contribution < 1.29 is 4.74 Å². The minimum atomic E-state index is 0.202. The molecule has 0 spiro atoms. The van der Waals surface area contributed by atoms with Crippen LogP contribution in [0.15, 0.2) is 18.2 Å². The van der Waals surface area contributed by atoms with E-state index in [1.165, 1.54) is 12.8 Å². The van der Waals surface area contributed by atoms with Crippen molar-refractivity contribution in [3.8, 4) is 5.75 Å². The third kappa shape index (κ3) is 4.34. The summed E-state index contributed by atoms with van der Waals surface area (Å²) in [4.78, 5) is 0. The normalized spacial score (nSPS) is 16.6. The standard InChI is InChI=1S/C14H19Cl2NO/c1-2-3-12(9-17-10-4-5-10)18-11-6-7-13(15)14(16)8-11/h6-8,10,12,17H,2-5,9H2,1H3. The van der Waals surface area contributed by atoms with E-state index in [0.717, 1.165) is 25.1 Å². The summed E-state index contributed by atoms with van der Waals surface area (Å²) in [6.07, 6.45) is 4.95. The van der Waals surface area contributed by atoms with Crippen molar-refractivity contribution >= 4 is 23.2 Å². The lowest BCUT2D eigenvalue weighted by Gasteiger charge is -2.19. The molecule has 0 saturated heterocycles. The number of hydrogen-bond donors (Lipinski definition) is 1. The Labute approximate surface area is 119 Å². The predicted molar refractivity (Wildman–Crippen MR) is 76.8 cm³/mol. The topological polar surface area (TPSA) is 21.3 Å². The van der Waals surface area contributed by atoms with Crippen molar-refractivity contribution in [2.24, 2.45) is 0 Å². The van der Waals surface area contributed by atoms with E-state index in [9.17, 15) is 0 Å². The summed E-state index contributed by atoms with van der Waals surface area (Å²) in [6.45, 7) is 3.07. The molecule has 4 heteroatoms. The van der Waals surface area contributed by atoms with Gasteiger partial charge in [-0.15, -0.1) is 0 Å². The summed E-state index contributed by atoms with van der Waals surface area (Å²) >= 11 is 11.9. The molecule has 1 N–H and O–H groups in total. The maximum absolute atomic E-state index is 5.98. The second-order valence-electron chi connectivity index (χ2n) is 4.79. The molecule has 1 aliphatic rings. The third-order valence-electron chi connectivity index (χ3n) is 3.02. The van der Waals surface area contributed by atoms with Gasteiger partial charge in [-0.25, -0.2) is 0 Å². The predicted octanol–water partition coefficient (Wildman–Crippen LogP) is 4.29. The van der Waals surface area contributed by atoms with Gasteiger partial charge in [0.05, 0.1) is 10.0 Å². The summed E-state index contributed by atoms with van der Waals surface area (Å²) in [5.41, 5.74) is 0. The van der Waals surface area contributed by atoms with Crippen LogP contribution >= 0.6 is 23.2 Å². The molecule has 1 aromatic carbocycles. The first-order valence-electron chi connectivity index (χ1n) is 6.54. The Morgan fingerprint density at radius 1 is 1.33 bits per heavy atom. The van der Waals surface area contributed by atoms with Gasteiger partial charge in [-0.3, -0.25) is 0 Å². The van der Waals surface area contributed by atoms with E-state index in [1.54, 1.807) is 12.1 Å². The molecule has 1 fully saturated rings. The van der Waals surface area contributed by atoms with Gasteiger partial charge in [-0.1, -0.05) is 36.5 Å². The van der Waals surface area contributed by atoms with E-state index in [4.69, 9.17) is 27.9 Å². The van der Waals surface area contributed by atoms with E-state index in [0.29, 0.717) is 16.1 Å². The van der Waals surface area contributed by atoms with Crippen LogP contribution in [-0.4, -0.2) is 18.7 Å². The lowest BCUT2D eigenvalue weighted by molar-refractivity contribution is 0.186. The summed E-state index contributed by atoms with van der Waals surface area (Å²) in [7, 11) is 0. The average Bonchev–Trinajstić information content (AvgIpc) is 3.15. The SMILES string of the molecule is CCCC(CNC1CC1)Oc1ccc(Cl)c(Cl)c1. The minimum absolute atomic E-state index is 0.202. The molecule has 1 saturated carbocycles. The van der Waals surface area contributed by atoms with Crippen molar-refractivity contribution in [3.63, 3.8) is 0 Å². The quantitative estimate of drug-likeness (QED) is 0.808. The van der Waals surface area contributed by atoms with Crippen LogP contribution in [0.5, 0.6) is 5.75 Å². The van der Waals surface area contributed by atoms with Gasteiger partial charge in [-0.05, 0) is 31.4 Å². The number of rotatable bonds is 7. The highest BCUT2D eigenvalue weighted by atomic mass is 35.5. The Morgan fingerprint density at radius 3 is 2.72 bits per heavy atom. The zero-order chi connectivity index (χ0) is 13.0. The Bertz CT molecular complexity index is 393. The molecule has 0 aliphatic heterocycles. The molecule has 1 atom stereocenters. The van der Waals surface area contributed by atoms with Crippen LogP contribution in [0.2, 0.25) is 10.0 Å². The van der Waals surface area contributed by atoms with E-state index < -0.39 is 0 Å². The molecule has 0 radical (unpaired) electrons. The lowest BCUT2D eigenvalue weighted by Crippen LogP contribution is -2.32. The van der Waals surface area contributed by atoms with Gasteiger partial charge in [0.15, 0.2) is 0 Å². The molecule has 100 valence electrons. The molecular weight excluding hydrogens is 269 g/mol. The fourth-order valence-electron chi connectivity index (χ4n) is 1.85. The number of nitrogens with one attached hydrogen (secondary N) is 1. The highest BCUT2D eigenvalue weighted by Gasteiger charge is 2.22. The van der Waals surface area contributed by atoms with Crippen molar-refractivity contribution in [1.82, 2.24) is 5.32 Å². The smallest absolute Gasteiger partial charge is 0.121 e. The first-order valence-corrected chi connectivity index (χ1v) is 7.29. The molecule has 1 unspecified atom stereocenters. The molecule has 0 heterocycles. The second-order valence-corrected chi connectivity index (χ2v) is 5.60. The van der Waals surface area contributed by atoms with Crippen LogP contribution in [0.4, 0.5) is 0 Å². The van der Waals surface area contributed by atoms with Crippen molar-refractivity contribution in [3.05, 3.63) is 28.2 Å². The fourth-order valence-corrected chi connectivity index (χ4v) is 2.14. The summed E-state index contributed by atoms with van der Waals surface area (Å²) in [6, 6.07) is 6.13. The van der Waals surface area contributed by atoms with Gasteiger partial charge in [0.1, 0.15) is 11.9 Å². The molecule has 2 nitrogen and oxygen atoms in total. The van der Waals surface area contributed by atoms with Gasteiger partial charge in [-0.2, -0.15) is 0 Å². The third-order valence-corrected chi connectivity index (χ3v) is 3.76. The van der Waals surface area contributed by atoms with Gasteiger partial charge in [0.2, 0.25) is 0 Å². The van der Waals surface area contributed by atoms with E-state index in [1.807, 2.05) is 6.07 Å². The molecule has 0 amide bonds. The maximum atomic E-state index is 5.98. The van der Waals surface area contributed by atoms with Gasteiger partial charge < -0.3 is 10.1 Å². The number of benzene rings is 1. The molecule has 0 bridgehead atoms. The monoisotopic (exact) mass is 287 g/mol. The summed E-state index contributed by atoms with van der Waals surface area (Å²) < 4.78 is 5.96. The van der Waals surface area contributed by atoms with Crippen LogP contribution in [0.1, 0.15) is 32.6 Å². The molecule has 1 aliphatic carbocycles. The van der Waals surface area contributed by atoms with Crippen LogP contribution < -0.4 is 10.1 Å². The van der Waals surface area contributed by atoms with E-state index in [-0.39, 0.29) is 6.10 Å². The first-order chi connectivity index (χ1) is 8.69. The van der Waals surface area contributed by atoms with Gasteiger partial charge >= 0.3 is 0 Å². The average molecular weight is 288 g/mol. The van der Waals surface area contributed by atoms with Crippen LogP contribution in [0.25, 0.3) is 0 Å².